The Kier molecular flexibility index (Phi) is 5.79. The van der Waals surface area contributed by atoms with E-state index in [1.165, 1.54) is 16.7 Å². The van der Waals surface area contributed by atoms with Crippen molar-refractivity contribution < 1.29 is 0 Å². The van der Waals surface area contributed by atoms with Gasteiger partial charge in [-0.15, -0.1) is 0 Å². The summed E-state index contributed by atoms with van der Waals surface area (Å²) < 4.78 is 1.07. The van der Waals surface area contributed by atoms with Gasteiger partial charge < -0.3 is 0 Å². The van der Waals surface area contributed by atoms with Crippen LogP contribution < -0.4 is 0 Å². The zero-order chi connectivity index (χ0) is 14.4. The molecule has 0 radical (unpaired) electrons. The first kappa shape index (κ1) is 15.5. The van der Waals surface area contributed by atoms with Crippen molar-refractivity contribution in [1.29, 1.82) is 5.26 Å². The molecule has 0 unspecified atom stereocenters. The molecular weight excluding hydrogens is 298 g/mol. The molecule has 1 rings (SSSR count). The Morgan fingerprint density at radius 3 is 2.16 bits per heavy atom. The van der Waals surface area contributed by atoms with Gasteiger partial charge in [0.15, 0.2) is 0 Å². The fourth-order valence-corrected chi connectivity index (χ4v) is 2.33. The van der Waals surface area contributed by atoms with Crippen LogP contribution in [-0.4, -0.2) is 0 Å². The first-order valence-electron chi connectivity index (χ1n) is 6.18. The third kappa shape index (κ3) is 4.22. The maximum atomic E-state index is 8.85. The number of hydrogen-bond donors (Lipinski definition) is 0. The highest BCUT2D eigenvalue weighted by molar-refractivity contribution is 9.11. The van der Waals surface area contributed by atoms with Gasteiger partial charge in [0.05, 0.1) is 11.6 Å². The van der Waals surface area contributed by atoms with Gasteiger partial charge in [-0.25, -0.2) is 0 Å². The Morgan fingerprint density at radius 1 is 1.16 bits per heavy atom. The molecule has 0 spiro atoms. The molecule has 0 heterocycles. The summed E-state index contributed by atoms with van der Waals surface area (Å²) >= 11 is 3.51. The summed E-state index contributed by atoms with van der Waals surface area (Å²) in [6.07, 6.45) is 4.13. The molecule has 0 bridgehead atoms. The van der Waals surface area contributed by atoms with Crippen molar-refractivity contribution in [2.75, 3.05) is 0 Å². The minimum atomic E-state index is 0.688. The highest BCUT2D eigenvalue weighted by atomic mass is 79.9. The van der Waals surface area contributed by atoms with E-state index in [2.05, 4.69) is 48.8 Å². The molecule has 0 aliphatic rings. The summed E-state index contributed by atoms with van der Waals surface area (Å²) in [6, 6.07) is 9.86. The lowest BCUT2D eigenvalue weighted by atomic mass is 9.94. The number of rotatable bonds is 3. The Labute approximate surface area is 124 Å². The normalized spacial score (nSPS) is 12.0. The number of nitrogens with zero attached hydrogens (tertiary/aromatic N) is 1. The van der Waals surface area contributed by atoms with Crippen molar-refractivity contribution in [3.8, 4) is 6.07 Å². The molecule has 0 aliphatic heterocycles. The maximum absolute atomic E-state index is 8.85. The summed E-state index contributed by atoms with van der Waals surface area (Å²) in [7, 11) is 0. The van der Waals surface area contributed by atoms with Crippen LogP contribution >= 0.6 is 15.9 Å². The molecule has 1 nitrogen and oxygen atoms in total. The molecule has 0 saturated carbocycles. The Balaban J connectivity index is 3.27. The van der Waals surface area contributed by atoms with Crippen molar-refractivity contribution in [2.45, 2.75) is 27.7 Å². The third-order valence-electron chi connectivity index (χ3n) is 2.83. The van der Waals surface area contributed by atoms with E-state index in [1.807, 2.05) is 37.3 Å². The van der Waals surface area contributed by atoms with Crippen molar-refractivity contribution in [1.82, 2.24) is 0 Å². The van der Waals surface area contributed by atoms with E-state index < -0.39 is 0 Å². The molecular formula is C17H18BrN. The van der Waals surface area contributed by atoms with Crippen LogP contribution in [0.2, 0.25) is 0 Å². The van der Waals surface area contributed by atoms with E-state index >= 15 is 0 Å². The van der Waals surface area contributed by atoms with Gasteiger partial charge in [-0.3, -0.25) is 0 Å². The van der Waals surface area contributed by atoms with E-state index in [0.29, 0.717) is 5.56 Å². The number of hydrogen-bond acceptors (Lipinski definition) is 1. The fraction of sp³-hybridized carbons (Fsp3) is 0.235. The van der Waals surface area contributed by atoms with Crippen LogP contribution in [0.4, 0.5) is 0 Å². The Hall–Kier alpha value is -1.59. The second kappa shape index (κ2) is 7.11. The summed E-state index contributed by atoms with van der Waals surface area (Å²) in [4.78, 5) is 0. The first-order valence-corrected chi connectivity index (χ1v) is 6.97. The average molecular weight is 316 g/mol. The molecule has 0 N–H and O–H groups in total. The van der Waals surface area contributed by atoms with Crippen LogP contribution in [0, 0.1) is 11.3 Å². The molecule has 1 aromatic rings. The van der Waals surface area contributed by atoms with Crippen molar-refractivity contribution >= 4 is 21.5 Å². The monoisotopic (exact) mass is 315 g/mol. The zero-order valence-corrected chi connectivity index (χ0v) is 13.4. The minimum Gasteiger partial charge on any atom is -0.192 e. The van der Waals surface area contributed by atoms with Gasteiger partial charge in [-0.2, -0.15) is 5.26 Å². The van der Waals surface area contributed by atoms with Gasteiger partial charge in [-0.05, 0) is 62.6 Å². The molecule has 98 valence electrons. The first-order chi connectivity index (χ1) is 8.99. The molecule has 0 saturated heterocycles. The van der Waals surface area contributed by atoms with Gasteiger partial charge in [0.25, 0.3) is 0 Å². The SMILES string of the molecule is C/C=C(Br)\C=C(\C)C(=C(C)C)c1ccc(C#N)cc1. The van der Waals surface area contributed by atoms with Crippen LogP contribution in [0.5, 0.6) is 0 Å². The van der Waals surface area contributed by atoms with Crippen LogP contribution in [0.3, 0.4) is 0 Å². The molecule has 1 aromatic carbocycles. The second-order valence-electron chi connectivity index (χ2n) is 4.57. The smallest absolute Gasteiger partial charge is 0.0991 e. The number of nitriles is 1. The van der Waals surface area contributed by atoms with Crippen molar-refractivity contribution in [3.05, 3.63) is 63.2 Å². The van der Waals surface area contributed by atoms with Gasteiger partial charge in [0.2, 0.25) is 0 Å². The highest BCUT2D eigenvalue weighted by Gasteiger charge is 2.06. The maximum Gasteiger partial charge on any atom is 0.0991 e. The molecule has 0 amide bonds. The quantitative estimate of drug-likeness (QED) is 0.666. The Morgan fingerprint density at radius 2 is 1.74 bits per heavy atom. The molecule has 0 aliphatic carbocycles. The summed E-state index contributed by atoms with van der Waals surface area (Å²) in [5, 5.41) is 8.85. The zero-order valence-electron chi connectivity index (χ0n) is 11.8. The standard InChI is InChI=1S/C17H18BrN/c1-5-16(18)10-13(4)17(12(2)3)15-8-6-14(11-19)7-9-15/h5-10H,1-4H3/b13-10-,16-5+. The van der Waals surface area contributed by atoms with Crippen molar-refractivity contribution in [2.24, 2.45) is 0 Å². The molecule has 2 heteroatoms. The van der Waals surface area contributed by atoms with Gasteiger partial charge in [0.1, 0.15) is 0 Å². The van der Waals surface area contributed by atoms with Crippen LogP contribution in [-0.2, 0) is 0 Å². The molecule has 0 atom stereocenters. The molecule has 19 heavy (non-hydrogen) atoms. The largest absolute Gasteiger partial charge is 0.192 e. The highest BCUT2D eigenvalue weighted by Crippen LogP contribution is 2.28. The number of allylic oxidation sites excluding steroid dienone is 6. The number of benzene rings is 1. The number of halogens is 1. The average Bonchev–Trinajstić information content (AvgIpc) is 2.39. The third-order valence-corrected chi connectivity index (χ3v) is 3.51. The lowest BCUT2D eigenvalue weighted by molar-refractivity contribution is 1.35. The lowest BCUT2D eigenvalue weighted by Gasteiger charge is -2.11. The predicted molar refractivity (Wildman–Crippen MR) is 85.9 cm³/mol. The van der Waals surface area contributed by atoms with Crippen LogP contribution in [0.1, 0.15) is 38.8 Å². The van der Waals surface area contributed by atoms with Crippen LogP contribution in [0.15, 0.2) is 52.0 Å². The Bertz CT molecular complexity index is 577. The minimum absolute atomic E-state index is 0.688. The van der Waals surface area contributed by atoms with E-state index in [-0.39, 0.29) is 0 Å². The lowest BCUT2D eigenvalue weighted by Crippen LogP contribution is -1.90. The van der Waals surface area contributed by atoms with Crippen molar-refractivity contribution in [3.63, 3.8) is 0 Å². The summed E-state index contributed by atoms with van der Waals surface area (Å²) in [5.74, 6) is 0. The predicted octanol–water partition coefficient (Wildman–Crippen LogP) is 5.60. The van der Waals surface area contributed by atoms with Gasteiger partial charge in [0, 0.05) is 4.48 Å². The summed E-state index contributed by atoms with van der Waals surface area (Å²) in [5.41, 5.74) is 5.52. The van der Waals surface area contributed by atoms with E-state index in [0.717, 1.165) is 10.0 Å². The van der Waals surface area contributed by atoms with Gasteiger partial charge >= 0.3 is 0 Å². The van der Waals surface area contributed by atoms with E-state index in [9.17, 15) is 0 Å². The molecule has 0 aromatic heterocycles. The van der Waals surface area contributed by atoms with E-state index in [4.69, 9.17) is 5.26 Å². The van der Waals surface area contributed by atoms with E-state index in [1.54, 1.807) is 0 Å². The fourth-order valence-electron chi connectivity index (χ4n) is 1.98. The topological polar surface area (TPSA) is 23.8 Å². The second-order valence-corrected chi connectivity index (χ2v) is 5.48. The van der Waals surface area contributed by atoms with Gasteiger partial charge in [-0.1, -0.05) is 39.7 Å². The summed E-state index contributed by atoms with van der Waals surface area (Å²) in [6.45, 7) is 8.31. The molecule has 0 fully saturated rings. The van der Waals surface area contributed by atoms with Crippen LogP contribution in [0.25, 0.3) is 5.57 Å².